The Morgan fingerprint density at radius 3 is 2.80 bits per heavy atom. The van der Waals surface area contributed by atoms with E-state index in [-0.39, 0.29) is 17.9 Å². The molecule has 3 nitrogen and oxygen atoms in total. The average Bonchev–Trinajstić information content (AvgIpc) is 3.15. The van der Waals surface area contributed by atoms with Crippen molar-refractivity contribution < 1.29 is 4.79 Å². The van der Waals surface area contributed by atoms with Gasteiger partial charge in [0.25, 0.3) is 0 Å². The van der Waals surface area contributed by atoms with Crippen LogP contribution >= 0.6 is 11.3 Å². The molecule has 1 fully saturated rings. The molecule has 1 saturated carbocycles. The molecule has 1 atom stereocenters. The fourth-order valence-electron chi connectivity index (χ4n) is 2.29. The predicted octanol–water partition coefficient (Wildman–Crippen LogP) is 3.58. The first-order chi connectivity index (χ1) is 9.65. The number of benzene rings is 1. The Labute approximate surface area is 122 Å². The highest BCUT2D eigenvalue weighted by Crippen LogP contribution is 2.32. The van der Waals surface area contributed by atoms with Gasteiger partial charge < -0.3 is 11.1 Å². The fourth-order valence-corrected chi connectivity index (χ4v) is 2.95. The fraction of sp³-hybridized carbons (Fsp3) is 0.312. The van der Waals surface area contributed by atoms with Gasteiger partial charge in [0, 0.05) is 17.2 Å². The summed E-state index contributed by atoms with van der Waals surface area (Å²) in [5.74, 6) is 0.401. The molecule has 1 aromatic heterocycles. The lowest BCUT2D eigenvalue weighted by Gasteiger charge is -2.16. The third kappa shape index (κ3) is 2.70. The maximum atomic E-state index is 11.8. The van der Waals surface area contributed by atoms with Gasteiger partial charge in [0.05, 0.1) is 6.04 Å². The molecule has 0 radical (unpaired) electrons. The Kier molecular flexibility index (Phi) is 3.49. The predicted molar refractivity (Wildman–Crippen MR) is 83.4 cm³/mol. The van der Waals surface area contributed by atoms with Gasteiger partial charge in [-0.05, 0) is 53.8 Å². The van der Waals surface area contributed by atoms with Crippen molar-refractivity contribution in [1.29, 1.82) is 0 Å². The van der Waals surface area contributed by atoms with Crippen LogP contribution in [0.3, 0.4) is 0 Å². The van der Waals surface area contributed by atoms with Crippen LogP contribution in [0.2, 0.25) is 0 Å². The van der Waals surface area contributed by atoms with Crippen LogP contribution in [-0.2, 0) is 4.79 Å². The van der Waals surface area contributed by atoms with Crippen LogP contribution in [0.4, 0.5) is 5.69 Å². The summed E-state index contributed by atoms with van der Waals surface area (Å²) in [6.07, 6.45) is 2.05. The van der Waals surface area contributed by atoms with Gasteiger partial charge in [0.1, 0.15) is 0 Å². The summed E-state index contributed by atoms with van der Waals surface area (Å²) >= 11 is 1.66. The number of hydrogen-bond donors (Lipinski definition) is 2. The molecular weight excluding hydrogens is 268 g/mol. The molecule has 1 heterocycles. The lowest BCUT2D eigenvalue weighted by Crippen LogP contribution is -2.27. The lowest BCUT2D eigenvalue weighted by atomic mass is 10.0. The number of carbonyl (C=O) groups excluding carboxylic acids is 1. The zero-order chi connectivity index (χ0) is 14.1. The number of hydrogen-bond acceptors (Lipinski definition) is 3. The van der Waals surface area contributed by atoms with Crippen LogP contribution in [0.5, 0.6) is 0 Å². The van der Waals surface area contributed by atoms with Crippen LogP contribution in [0, 0.1) is 5.92 Å². The summed E-state index contributed by atoms with van der Waals surface area (Å²) in [5, 5.41) is 7.18. The number of thiophene rings is 1. The molecule has 20 heavy (non-hydrogen) atoms. The first-order valence-corrected chi connectivity index (χ1v) is 7.82. The molecule has 0 aliphatic heterocycles. The number of carbonyl (C=O) groups is 1. The van der Waals surface area contributed by atoms with Gasteiger partial charge in [-0.1, -0.05) is 12.1 Å². The van der Waals surface area contributed by atoms with Crippen LogP contribution < -0.4 is 11.1 Å². The summed E-state index contributed by atoms with van der Waals surface area (Å²) in [6, 6.07) is 8.11. The lowest BCUT2D eigenvalue weighted by molar-refractivity contribution is -0.122. The van der Waals surface area contributed by atoms with E-state index in [4.69, 9.17) is 5.73 Å². The van der Waals surface area contributed by atoms with Crippen molar-refractivity contribution in [3.05, 3.63) is 40.6 Å². The molecule has 1 aliphatic rings. The first-order valence-electron chi connectivity index (χ1n) is 6.87. The molecule has 0 bridgehead atoms. The van der Waals surface area contributed by atoms with Crippen molar-refractivity contribution in [2.75, 3.05) is 5.73 Å². The molecule has 2 aromatic rings. The topological polar surface area (TPSA) is 55.1 Å². The highest BCUT2D eigenvalue weighted by molar-refractivity contribution is 7.08. The molecule has 1 amide bonds. The van der Waals surface area contributed by atoms with Crippen molar-refractivity contribution in [2.45, 2.75) is 25.8 Å². The molecule has 1 unspecified atom stereocenters. The first kappa shape index (κ1) is 13.2. The molecule has 3 N–H and O–H groups in total. The Morgan fingerprint density at radius 2 is 2.20 bits per heavy atom. The van der Waals surface area contributed by atoms with Gasteiger partial charge in [-0.3, -0.25) is 4.79 Å². The van der Waals surface area contributed by atoms with Crippen LogP contribution in [-0.4, -0.2) is 5.91 Å². The normalized spacial score (nSPS) is 15.8. The Balaban J connectivity index is 1.77. The zero-order valence-corrected chi connectivity index (χ0v) is 12.2. The minimum absolute atomic E-state index is 0.00178. The summed E-state index contributed by atoms with van der Waals surface area (Å²) < 4.78 is 0. The van der Waals surface area contributed by atoms with Crippen LogP contribution in [0.1, 0.15) is 31.4 Å². The Bertz CT molecular complexity index is 617. The molecule has 3 rings (SSSR count). The highest BCUT2D eigenvalue weighted by atomic mass is 32.1. The number of amides is 1. The molecule has 4 heteroatoms. The second-order valence-corrected chi connectivity index (χ2v) is 6.14. The van der Waals surface area contributed by atoms with Gasteiger partial charge in [-0.15, -0.1) is 0 Å². The third-order valence-corrected chi connectivity index (χ3v) is 4.40. The van der Waals surface area contributed by atoms with E-state index in [1.807, 2.05) is 30.5 Å². The quantitative estimate of drug-likeness (QED) is 0.844. The maximum Gasteiger partial charge on any atom is 0.223 e. The standard InChI is InChI=1S/C16H18N2OS/c1-10(18-16(19)11-2-3-11)12-4-5-14(15(17)8-12)13-6-7-20-9-13/h4-11H,2-3,17H2,1H3,(H,18,19). The van der Waals surface area contributed by atoms with Gasteiger partial charge >= 0.3 is 0 Å². The van der Waals surface area contributed by atoms with E-state index >= 15 is 0 Å². The highest BCUT2D eigenvalue weighted by Gasteiger charge is 2.30. The second kappa shape index (κ2) is 5.29. The smallest absolute Gasteiger partial charge is 0.223 e. The molecule has 104 valence electrons. The average molecular weight is 286 g/mol. The summed E-state index contributed by atoms with van der Waals surface area (Å²) in [4.78, 5) is 11.8. The number of anilines is 1. The van der Waals surface area contributed by atoms with Gasteiger partial charge in [-0.25, -0.2) is 0 Å². The molecule has 0 saturated heterocycles. The van der Waals surface area contributed by atoms with E-state index in [2.05, 4.69) is 16.8 Å². The molecule has 0 spiro atoms. The minimum atomic E-state index is 0.00178. The van der Waals surface area contributed by atoms with Crippen LogP contribution in [0.25, 0.3) is 11.1 Å². The maximum absolute atomic E-state index is 11.8. The Hall–Kier alpha value is -1.81. The van der Waals surface area contributed by atoms with Crippen molar-refractivity contribution in [3.63, 3.8) is 0 Å². The third-order valence-electron chi connectivity index (χ3n) is 3.71. The van der Waals surface area contributed by atoms with E-state index in [0.29, 0.717) is 0 Å². The van der Waals surface area contributed by atoms with Gasteiger partial charge in [0.2, 0.25) is 5.91 Å². The molecular formula is C16H18N2OS. The zero-order valence-electron chi connectivity index (χ0n) is 11.4. The summed E-state index contributed by atoms with van der Waals surface area (Å²) in [7, 11) is 0. The van der Waals surface area contributed by atoms with E-state index < -0.39 is 0 Å². The minimum Gasteiger partial charge on any atom is -0.398 e. The number of nitrogens with two attached hydrogens (primary N) is 1. The van der Waals surface area contributed by atoms with E-state index in [9.17, 15) is 4.79 Å². The van der Waals surface area contributed by atoms with Crippen molar-refractivity contribution >= 4 is 22.9 Å². The largest absolute Gasteiger partial charge is 0.398 e. The molecule has 1 aliphatic carbocycles. The van der Waals surface area contributed by atoms with Gasteiger partial charge in [0.15, 0.2) is 0 Å². The van der Waals surface area contributed by atoms with Crippen molar-refractivity contribution in [3.8, 4) is 11.1 Å². The number of rotatable bonds is 4. The Morgan fingerprint density at radius 1 is 1.40 bits per heavy atom. The number of nitrogen functional groups attached to an aromatic ring is 1. The van der Waals surface area contributed by atoms with E-state index in [1.165, 1.54) is 0 Å². The van der Waals surface area contributed by atoms with Crippen molar-refractivity contribution in [1.82, 2.24) is 5.32 Å². The van der Waals surface area contributed by atoms with E-state index in [0.717, 1.165) is 35.2 Å². The SMILES string of the molecule is CC(NC(=O)C1CC1)c1ccc(-c2ccsc2)c(N)c1. The second-order valence-electron chi connectivity index (χ2n) is 5.36. The molecule has 1 aromatic carbocycles. The van der Waals surface area contributed by atoms with Crippen molar-refractivity contribution in [2.24, 2.45) is 5.92 Å². The summed E-state index contributed by atoms with van der Waals surface area (Å²) in [6.45, 7) is 2.00. The van der Waals surface area contributed by atoms with Crippen LogP contribution in [0.15, 0.2) is 35.0 Å². The number of nitrogens with one attached hydrogen (secondary N) is 1. The van der Waals surface area contributed by atoms with E-state index in [1.54, 1.807) is 11.3 Å². The summed E-state index contributed by atoms with van der Waals surface area (Å²) in [5.41, 5.74) is 10.2. The monoisotopic (exact) mass is 286 g/mol. The van der Waals surface area contributed by atoms with Gasteiger partial charge in [-0.2, -0.15) is 11.3 Å².